The smallest absolute Gasteiger partial charge is 0.350 e. The molecule has 0 unspecified atom stereocenters. The molecule has 1 atom stereocenters. The Hall–Kier alpha value is -1.80. The number of ether oxygens (including phenoxy) is 2. The Labute approximate surface area is 151 Å². The van der Waals surface area contributed by atoms with Gasteiger partial charge in [-0.3, -0.25) is 0 Å². The predicted molar refractivity (Wildman–Crippen MR) is 91.8 cm³/mol. The number of rotatable bonds is 7. The third kappa shape index (κ3) is 5.60. The SMILES string of the molecule is CC[C@](C)(CCCNC(=O)Nc1ccc(C(F)(F)F)cc1)C1OCCO1. The van der Waals surface area contributed by atoms with Crippen molar-refractivity contribution in [3.63, 3.8) is 0 Å². The van der Waals surface area contributed by atoms with Crippen molar-refractivity contribution in [3.05, 3.63) is 29.8 Å². The molecule has 1 saturated heterocycles. The van der Waals surface area contributed by atoms with Crippen LogP contribution in [-0.4, -0.2) is 32.1 Å². The van der Waals surface area contributed by atoms with Gasteiger partial charge >= 0.3 is 12.2 Å². The second-order valence-electron chi connectivity index (χ2n) is 6.64. The average Bonchev–Trinajstić information content (AvgIpc) is 3.13. The van der Waals surface area contributed by atoms with Gasteiger partial charge in [0.15, 0.2) is 6.29 Å². The molecule has 0 saturated carbocycles. The minimum atomic E-state index is -4.39. The molecule has 1 fully saturated rings. The van der Waals surface area contributed by atoms with Crippen molar-refractivity contribution in [1.82, 2.24) is 5.32 Å². The van der Waals surface area contributed by atoms with Gasteiger partial charge in [-0.15, -0.1) is 0 Å². The second kappa shape index (κ2) is 8.73. The molecule has 8 heteroatoms. The molecule has 0 aromatic heterocycles. The van der Waals surface area contributed by atoms with Crippen molar-refractivity contribution in [1.29, 1.82) is 0 Å². The van der Waals surface area contributed by atoms with E-state index < -0.39 is 17.8 Å². The number of hydrogen-bond acceptors (Lipinski definition) is 3. The highest BCUT2D eigenvalue weighted by atomic mass is 19.4. The first-order valence-electron chi connectivity index (χ1n) is 8.70. The van der Waals surface area contributed by atoms with Crippen LogP contribution < -0.4 is 10.6 Å². The average molecular weight is 374 g/mol. The molecule has 1 aromatic carbocycles. The minimum absolute atomic E-state index is 0.109. The Morgan fingerprint density at radius 3 is 2.35 bits per heavy atom. The molecule has 26 heavy (non-hydrogen) atoms. The highest BCUT2D eigenvalue weighted by Crippen LogP contribution is 2.35. The Morgan fingerprint density at radius 1 is 1.19 bits per heavy atom. The summed E-state index contributed by atoms with van der Waals surface area (Å²) in [5.74, 6) is 0. The van der Waals surface area contributed by atoms with Crippen LogP contribution in [0.3, 0.4) is 0 Å². The van der Waals surface area contributed by atoms with Crippen molar-refractivity contribution >= 4 is 11.7 Å². The van der Waals surface area contributed by atoms with Gasteiger partial charge in [-0.2, -0.15) is 13.2 Å². The topological polar surface area (TPSA) is 59.6 Å². The number of carbonyl (C=O) groups is 1. The summed E-state index contributed by atoms with van der Waals surface area (Å²) in [5.41, 5.74) is -0.553. The fourth-order valence-corrected chi connectivity index (χ4v) is 2.83. The fraction of sp³-hybridized carbons (Fsp3) is 0.611. The number of anilines is 1. The van der Waals surface area contributed by atoms with E-state index in [0.717, 1.165) is 31.4 Å². The molecular weight excluding hydrogens is 349 g/mol. The monoisotopic (exact) mass is 374 g/mol. The zero-order valence-corrected chi connectivity index (χ0v) is 15.0. The van der Waals surface area contributed by atoms with Gasteiger partial charge in [-0.05, 0) is 43.5 Å². The summed E-state index contributed by atoms with van der Waals surface area (Å²) in [5, 5.41) is 5.23. The van der Waals surface area contributed by atoms with Crippen LogP contribution in [0.25, 0.3) is 0 Å². The zero-order chi connectivity index (χ0) is 19.2. The first kappa shape index (κ1) is 20.5. The summed E-state index contributed by atoms with van der Waals surface area (Å²) in [6, 6.07) is 3.88. The summed E-state index contributed by atoms with van der Waals surface area (Å²) in [6.07, 6.45) is -2.13. The summed E-state index contributed by atoms with van der Waals surface area (Å²) in [7, 11) is 0. The maximum Gasteiger partial charge on any atom is 0.416 e. The van der Waals surface area contributed by atoms with Crippen LogP contribution >= 0.6 is 0 Å². The van der Waals surface area contributed by atoms with Crippen molar-refractivity contribution in [3.8, 4) is 0 Å². The molecule has 2 rings (SSSR count). The van der Waals surface area contributed by atoms with E-state index in [4.69, 9.17) is 9.47 Å². The van der Waals surface area contributed by atoms with Crippen LogP contribution in [0.2, 0.25) is 0 Å². The number of amides is 2. The highest BCUT2D eigenvalue weighted by Gasteiger charge is 2.36. The van der Waals surface area contributed by atoms with E-state index in [1.807, 2.05) is 0 Å². The molecule has 0 bridgehead atoms. The molecule has 2 amide bonds. The lowest BCUT2D eigenvalue weighted by Gasteiger charge is -2.33. The quantitative estimate of drug-likeness (QED) is 0.696. The molecule has 0 radical (unpaired) electrons. The number of halogens is 3. The third-order valence-corrected chi connectivity index (χ3v) is 4.68. The standard InChI is InChI=1S/C18H25F3N2O3/c1-3-17(2,15-25-11-12-26-15)9-4-10-22-16(24)23-14-7-5-13(6-8-14)18(19,20)21/h5-8,15H,3-4,9-12H2,1-2H3,(H2,22,23,24)/t17-/m1/s1. The molecule has 1 aromatic rings. The van der Waals surface area contributed by atoms with Crippen molar-refractivity contribution < 1.29 is 27.4 Å². The van der Waals surface area contributed by atoms with E-state index in [1.165, 1.54) is 12.1 Å². The largest absolute Gasteiger partial charge is 0.416 e. The lowest BCUT2D eigenvalue weighted by Crippen LogP contribution is -2.35. The summed E-state index contributed by atoms with van der Waals surface area (Å²) < 4.78 is 48.7. The van der Waals surface area contributed by atoms with Gasteiger partial charge in [0.25, 0.3) is 0 Å². The summed E-state index contributed by atoms with van der Waals surface area (Å²) >= 11 is 0. The van der Waals surface area contributed by atoms with E-state index in [-0.39, 0.29) is 11.7 Å². The fourth-order valence-electron chi connectivity index (χ4n) is 2.83. The molecule has 146 valence electrons. The van der Waals surface area contributed by atoms with E-state index in [9.17, 15) is 18.0 Å². The maximum atomic E-state index is 12.5. The Kier molecular flexibility index (Phi) is 6.88. The van der Waals surface area contributed by atoms with Gasteiger partial charge in [0.2, 0.25) is 0 Å². The van der Waals surface area contributed by atoms with Crippen molar-refractivity contribution in [2.45, 2.75) is 45.6 Å². The number of benzene rings is 1. The minimum Gasteiger partial charge on any atom is -0.350 e. The molecule has 1 aliphatic heterocycles. The van der Waals surface area contributed by atoms with E-state index >= 15 is 0 Å². The number of alkyl halides is 3. The van der Waals surface area contributed by atoms with E-state index in [0.29, 0.717) is 25.4 Å². The molecule has 0 aliphatic carbocycles. The zero-order valence-electron chi connectivity index (χ0n) is 15.0. The molecule has 1 aliphatic rings. The van der Waals surface area contributed by atoms with Gasteiger partial charge in [0.05, 0.1) is 18.8 Å². The van der Waals surface area contributed by atoms with Crippen molar-refractivity contribution in [2.24, 2.45) is 5.41 Å². The molecule has 0 spiro atoms. The van der Waals surface area contributed by atoms with Crippen LogP contribution in [0.15, 0.2) is 24.3 Å². The van der Waals surface area contributed by atoms with Crippen LogP contribution in [0.5, 0.6) is 0 Å². The Morgan fingerprint density at radius 2 is 1.81 bits per heavy atom. The van der Waals surface area contributed by atoms with Gasteiger partial charge in [-0.25, -0.2) is 4.79 Å². The molecule has 5 nitrogen and oxygen atoms in total. The van der Waals surface area contributed by atoms with E-state index in [2.05, 4.69) is 24.5 Å². The van der Waals surface area contributed by atoms with Crippen LogP contribution in [0.1, 0.15) is 38.7 Å². The number of hydrogen-bond donors (Lipinski definition) is 2. The number of carbonyl (C=O) groups excluding carboxylic acids is 1. The Bertz CT molecular complexity index is 586. The lowest BCUT2D eigenvalue weighted by atomic mass is 9.82. The van der Waals surface area contributed by atoms with Crippen molar-refractivity contribution in [2.75, 3.05) is 25.1 Å². The third-order valence-electron chi connectivity index (χ3n) is 4.68. The Balaban J connectivity index is 1.73. The van der Waals surface area contributed by atoms with Gasteiger partial charge < -0.3 is 20.1 Å². The second-order valence-corrected chi connectivity index (χ2v) is 6.64. The molecule has 2 N–H and O–H groups in total. The lowest BCUT2D eigenvalue weighted by molar-refractivity contribution is -0.137. The number of nitrogens with one attached hydrogen (secondary N) is 2. The maximum absolute atomic E-state index is 12.5. The summed E-state index contributed by atoms with van der Waals surface area (Å²) in [4.78, 5) is 11.9. The first-order chi connectivity index (χ1) is 12.2. The van der Waals surface area contributed by atoms with Crippen LogP contribution in [0.4, 0.5) is 23.7 Å². The normalized spacial score (nSPS) is 17.7. The highest BCUT2D eigenvalue weighted by molar-refractivity contribution is 5.89. The molecular formula is C18H25F3N2O3. The van der Waals surface area contributed by atoms with Gasteiger partial charge in [-0.1, -0.05) is 13.8 Å². The first-order valence-corrected chi connectivity index (χ1v) is 8.70. The van der Waals surface area contributed by atoms with Gasteiger partial charge in [0.1, 0.15) is 0 Å². The molecule has 1 heterocycles. The summed E-state index contributed by atoms with van der Waals surface area (Å²) in [6.45, 7) is 5.85. The van der Waals surface area contributed by atoms with Gasteiger partial charge in [0, 0.05) is 17.6 Å². The van der Waals surface area contributed by atoms with Crippen LogP contribution in [-0.2, 0) is 15.7 Å². The number of urea groups is 1. The van der Waals surface area contributed by atoms with E-state index in [1.54, 1.807) is 0 Å². The predicted octanol–water partition coefficient (Wildman–Crippen LogP) is 4.40. The van der Waals surface area contributed by atoms with Crippen LogP contribution in [0, 0.1) is 5.41 Å².